The van der Waals surface area contributed by atoms with Gasteiger partial charge in [0.2, 0.25) is 0 Å². The molecule has 0 atom stereocenters. The Morgan fingerprint density at radius 3 is 1.45 bits per heavy atom. The molecule has 0 aromatic rings. The fourth-order valence-corrected chi connectivity index (χ4v) is 4.37. The van der Waals surface area contributed by atoms with Crippen LogP contribution in [0.15, 0.2) is 0 Å². The largest absolute Gasteiger partial charge is 0.239 e. The Balaban J connectivity index is 4.26. The van der Waals surface area contributed by atoms with Crippen LogP contribution in [0.5, 0.6) is 0 Å². The summed E-state index contributed by atoms with van der Waals surface area (Å²) in [5.74, 6) is 1.45. The van der Waals surface area contributed by atoms with Crippen LogP contribution in [-0.4, -0.2) is 22.5 Å². The molecule has 0 saturated carbocycles. The molecule has 0 rings (SSSR count). The first-order valence-electron chi connectivity index (χ1n) is 4.68. The van der Waals surface area contributed by atoms with Crippen LogP contribution < -0.4 is 0 Å². The lowest BCUT2D eigenvalue weighted by molar-refractivity contribution is 0.976. The molecule has 0 aliphatic rings. The van der Waals surface area contributed by atoms with E-state index >= 15 is 0 Å². The Morgan fingerprint density at radius 2 is 1.36 bits per heavy atom. The van der Waals surface area contributed by atoms with Gasteiger partial charge in [-0.1, -0.05) is 34.6 Å². The molecule has 0 aliphatic heterocycles. The molecule has 0 spiro atoms. The van der Waals surface area contributed by atoms with Gasteiger partial charge in [0, 0.05) is 0 Å². The van der Waals surface area contributed by atoms with Crippen LogP contribution in [0.4, 0.5) is 0 Å². The third kappa shape index (κ3) is 2.70. The van der Waals surface area contributed by atoms with Crippen molar-refractivity contribution in [1.29, 1.82) is 0 Å². The fraction of sp³-hybridized carbons (Fsp3) is 1.00. The van der Waals surface area contributed by atoms with Gasteiger partial charge in [-0.3, -0.25) is 0 Å². The van der Waals surface area contributed by atoms with Gasteiger partial charge in [-0.05, 0) is 28.9 Å². The molecule has 0 N–H and O–H groups in total. The highest BCUT2D eigenvalue weighted by Gasteiger charge is 2.24. The molecule has 0 aliphatic carbocycles. The van der Waals surface area contributed by atoms with Gasteiger partial charge in [0.15, 0.2) is 0 Å². The van der Waals surface area contributed by atoms with Crippen LogP contribution >= 0.6 is 10.0 Å². The van der Waals surface area contributed by atoms with Crippen molar-refractivity contribution in [1.82, 2.24) is 0 Å². The highest BCUT2D eigenvalue weighted by atomic mass is 32.3. The molecule has 0 fully saturated rings. The Kier molecular flexibility index (Phi) is 4.53. The summed E-state index contributed by atoms with van der Waals surface area (Å²) in [4.78, 5) is 0. The molecule has 0 aromatic carbocycles. The van der Waals surface area contributed by atoms with Gasteiger partial charge in [-0.25, -0.2) is 10.0 Å². The number of hydrogen-bond donors (Lipinski definition) is 0. The monoisotopic (exact) mass is 176 g/mol. The topological polar surface area (TPSA) is 0 Å². The second-order valence-corrected chi connectivity index (χ2v) is 8.78. The van der Waals surface area contributed by atoms with Gasteiger partial charge >= 0.3 is 0 Å². The predicted octanol–water partition coefficient (Wildman–Crippen LogP) is 3.65. The molecule has 0 aromatic heterocycles. The first kappa shape index (κ1) is 11.4. The quantitative estimate of drug-likeness (QED) is 0.613. The summed E-state index contributed by atoms with van der Waals surface area (Å²) >= 11 is 0. The number of hydrogen-bond acceptors (Lipinski definition) is 0. The van der Waals surface area contributed by atoms with Crippen LogP contribution in [0.25, 0.3) is 0 Å². The average molecular weight is 176 g/mol. The molecule has 11 heavy (non-hydrogen) atoms. The Bertz CT molecular complexity index is 97.4. The second kappa shape index (κ2) is 4.39. The van der Waals surface area contributed by atoms with Crippen molar-refractivity contribution in [2.75, 3.05) is 12.0 Å². The molecule has 0 heterocycles. The minimum atomic E-state index is -0.322. The van der Waals surface area contributed by atoms with E-state index in [1.54, 1.807) is 0 Å². The molecule has 0 amide bonds. The summed E-state index contributed by atoms with van der Waals surface area (Å²) in [6.07, 6.45) is 3.86. The third-order valence-corrected chi connectivity index (χ3v) is 8.39. The van der Waals surface area contributed by atoms with E-state index in [0.29, 0.717) is 0 Å². The summed E-state index contributed by atoms with van der Waals surface area (Å²) in [6, 6.07) is 0. The Hall–Kier alpha value is 0.350. The second-order valence-electron chi connectivity index (χ2n) is 4.03. The predicted molar refractivity (Wildman–Crippen MR) is 58.9 cm³/mol. The van der Waals surface area contributed by atoms with Crippen molar-refractivity contribution in [3.63, 3.8) is 0 Å². The van der Waals surface area contributed by atoms with E-state index in [1.165, 1.54) is 12.2 Å². The lowest BCUT2D eigenvalue weighted by Crippen LogP contribution is -2.22. The highest BCUT2D eigenvalue weighted by molar-refractivity contribution is 8.34. The summed E-state index contributed by atoms with van der Waals surface area (Å²) in [5, 5.41) is 1.78. The van der Waals surface area contributed by atoms with Crippen LogP contribution in [0, 0.1) is 0 Å². The molecule has 0 nitrogen and oxygen atoms in total. The van der Waals surface area contributed by atoms with Crippen molar-refractivity contribution in [3.8, 4) is 0 Å². The SMILES string of the molecule is CCCS(C)(C(C)C)C(C)C. The minimum Gasteiger partial charge on any atom is -0.239 e. The van der Waals surface area contributed by atoms with Crippen molar-refractivity contribution < 1.29 is 0 Å². The number of rotatable bonds is 4. The lowest BCUT2D eigenvalue weighted by atomic mass is 10.5. The molecule has 0 unspecified atom stereocenters. The minimum absolute atomic E-state index is 0.322. The van der Waals surface area contributed by atoms with Crippen molar-refractivity contribution in [2.24, 2.45) is 0 Å². The van der Waals surface area contributed by atoms with Crippen LogP contribution in [0.3, 0.4) is 0 Å². The first-order chi connectivity index (χ1) is 4.95. The zero-order valence-electron chi connectivity index (χ0n) is 8.98. The van der Waals surface area contributed by atoms with E-state index in [4.69, 9.17) is 0 Å². The van der Waals surface area contributed by atoms with E-state index in [1.807, 2.05) is 0 Å². The molecule has 0 radical (unpaired) electrons. The van der Waals surface area contributed by atoms with Crippen LogP contribution in [-0.2, 0) is 0 Å². The van der Waals surface area contributed by atoms with Gasteiger partial charge in [-0.15, -0.1) is 0 Å². The molecular weight excluding hydrogens is 152 g/mol. The fourth-order valence-electron chi connectivity index (χ4n) is 1.46. The maximum Gasteiger partial charge on any atom is -0.0169 e. The average Bonchev–Trinajstić information content (AvgIpc) is 1.87. The molecule has 0 saturated heterocycles. The van der Waals surface area contributed by atoms with Crippen molar-refractivity contribution >= 4 is 10.0 Å². The maximum absolute atomic E-state index is 2.51. The zero-order chi connectivity index (χ0) is 9.07. The molecule has 70 valence electrons. The van der Waals surface area contributed by atoms with E-state index in [-0.39, 0.29) is 10.0 Å². The van der Waals surface area contributed by atoms with Gasteiger partial charge in [0.1, 0.15) is 0 Å². The normalized spacial score (nSPS) is 14.5. The Labute approximate surface area is 74.1 Å². The van der Waals surface area contributed by atoms with Gasteiger partial charge in [0.25, 0.3) is 0 Å². The third-order valence-electron chi connectivity index (χ3n) is 2.80. The Morgan fingerprint density at radius 1 is 1.00 bits per heavy atom. The van der Waals surface area contributed by atoms with E-state index < -0.39 is 0 Å². The highest BCUT2D eigenvalue weighted by Crippen LogP contribution is 2.53. The van der Waals surface area contributed by atoms with Gasteiger partial charge < -0.3 is 0 Å². The summed E-state index contributed by atoms with van der Waals surface area (Å²) < 4.78 is 0. The van der Waals surface area contributed by atoms with Gasteiger partial charge in [0.05, 0.1) is 0 Å². The van der Waals surface area contributed by atoms with E-state index in [9.17, 15) is 0 Å². The summed E-state index contributed by atoms with van der Waals surface area (Å²) in [5.41, 5.74) is 0. The lowest BCUT2D eigenvalue weighted by Gasteiger charge is -2.44. The maximum atomic E-state index is 2.51. The van der Waals surface area contributed by atoms with Crippen LogP contribution in [0.1, 0.15) is 41.0 Å². The zero-order valence-corrected chi connectivity index (χ0v) is 9.79. The summed E-state index contributed by atoms with van der Waals surface area (Å²) in [6.45, 7) is 11.8. The standard InChI is InChI=1S/C10H24S/c1-7-8-11(6,9(2)3)10(4)5/h9-10H,7-8H2,1-6H3. The van der Waals surface area contributed by atoms with Crippen molar-refractivity contribution in [3.05, 3.63) is 0 Å². The van der Waals surface area contributed by atoms with Gasteiger partial charge in [-0.2, -0.15) is 0 Å². The van der Waals surface area contributed by atoms with Crippen LogP contribution in [0.2, 0.25) is 0 Å². The summed E-state index contributed by atoms with van der Waals surface area (Å²) in [7, 11) is -0.322. The molecule has 1 heteroatoms. The molecular formula is C10H24S. The van der Waals surface area contributed by atoms with E-state index in [0.717, 1.165) is 10.5 Å². The van der Waals surface area contributed by atoms with Crippen molar-refractivity contribution in [2.45, 2.75) is 51.5 Å². The molecule has 0 bridgehead atoms. The van der Waals surface area contributed by atoms with E-state index in [2.05, 4.69) is 40.9 Å². The smallest absolute Gasteiger partial charge is 0.0169 e. The first-order valence-corrected chi connectivity index (χ1v) is 7.02.